The normalized spacial score (nSPS) is 11.2. The summed E-state index contributed by atoms with van der Waals surface area (Å²) in [5.41, 5.74) is 1.23. The monoisotopic (exact) mass is 275 g/mol. The Morgan fingerprint density at radius 1 is 1.37 bits per heavy atom. The quantitative estimate of drug-likeness (QED) is 0.915. The number of anilines is 1. The van der Waals surface area contributed by atoms with Gasteiger partial charge in [0.15, 0.2) is 0 Å². The first-order valence-corrected chi connectivity index (χ1v) is 7.77. The number of rotatable bonds is 4. The molecule has 2 rings (SSSR count). The van der Waals surface area contributed by atoms with E-state index in [1.54, 1.807) is 6.07 Å². The number of sulfone groups is 1. The van der Waals surface area contributed by atoms with Crippen molar-refractivity contribution >= 4 is 26.6 Å². The third-order valence-electron chi connectivity index (χ3n) is 2.62. The van der Waals surface area contributed by atoms with Gasteiger partial charge in [0.2, 0.25) is 0 Å². The van der Waals surface area contributed by atoms with Crippen molar-refractivity contribution in [1.29, 1.82) is 5.26 Å². The van der Waals surface area contributed by atoms with Crippen molar-refractivity contribution in [2.24, 2.45) is 0 Å². The summed E-state index contributed by atoms with van der Waals surface area (Å²) in [7, 11) is -3.01. The summed E-state index contributed by atoms with van der Waals surface area (Å²) in [6.45, 7) is 0.273. The Balaban J connectivity index is 2.28. The van der Waals surface area contributed by atoms with Crippen LogP contribution in [-0.2, 0) is 9.84 Å². The van der Waals surface area contributed by atoms with Crippen LogP contribution >= 0.6 is 0 Å². The lowest BCUT2D eigenvalue weighted by Gasteiger charge is -2.07. The Morgan fingerprint density at radius 3 is 2.79 bits per heavy atom. The molecule has 6 heteroatoms. The van der Waals surface area contributed by atoms with Crippen molar-refractivity contribution in [2.75, 3.05) is 23.9 Å². The Kier molecular flexibility index (Phi) is 3.67. The molecular formula is C13H13N3O2S. The molecule has 0 aliphatic rings. The molecule has 2 aromatic rings. The molecule has 1 aromatic carbocycles. The molecule has 0 aliphatic heterocycles. The molecule has 98 valence electrons. The second-order valence-corrected chi connectivity index (χ2v) is 6.50. The van der Waals surface area contributed by atoms with Gasteiger partial charge in [-0.15, -0.1) is 0 Å². The number of fused-ring (bicyclic) bond motifs is 1. The number of nitrogens with zero attached hydrogens (tertiary/aromatic N) is 2. The summed E-state index contributed by atoms with van der Waals surface area (Å²) < 4.78 is 22.1. The molecule has 0 spiro atoms. The van der Waals surface area contributed by atoms with Crippen molar-refractivity contribution in [3.05, 3.63) is 35.9 Å². The zero-order valence-electron chi connectivity index (χ0n) is 10.4. The number of pyridine rings is 1. The molecule has 0 radical (unpaired) electrons. The van der Waals surface area contributed by atoms with Crippen LogP contribution in [0.25, 0.3) is 10.9 Å². The van der Waals surface area contributed by atoms with Crippen LogP contribution in [0.5, 0.6) is 0 Å². The van der Waals surface area contributed by atoms with Crippen LogP contribution in [0.3, 0.4) is 0 Å². The topological polar surface area (TPSA) is 82.9 Å². The molecule has 0 amide bonds. The molecule has 0 aliphatic carbocycles. The molecule has 1 N–H and O–H groups in total. The molecule has 0 fully saturated rings. The fourth-order valence-corrected chi connectivity index (χ4v) is 2.20. The number of benzene rings is 1. The largest absolute Gasteiger partial charge is 0.369 e. The lowest BCUT2D eigenvalue weighted by Crippen LogP contribution is -2.14. The SMILES string of the molecule is CS(=O)(=O)CCNc1cc(C#N)c2ccccc2n1. The van der Waals surface area contributed by atoms with E-state index in [4.69, 9.17) is 5.26 Å². The first-order chi connectivity index (χ1) is 8.99. The number of aromatic nitrogens is 1. The van der Waals surface area contributed by atoms with Gasteiger partial charge in [0.1, 0.15) is 15.7 Å². The number of nitriles is 1. The second-order valence-electron chi connectivity index (χ2n) is 4.24. The fraction of sp³-hybridized carbons (Fsp3) is 0.231. The lowest BCUT2D eigenvalue weighted by molar-refractivity contribution is 0.602. The zero-order valence-corrected chi connectivity index (χ0v) is 11.2. The molecule has 1 heterocycles. The van der Waals surface area contributed by atoms with E-state index < -0.39 is 9.84 Å². The fourth-order valence-electron chi connectivity index (χ4n) is 1.72. The summed E-state index contributed by atoms with van der Waals surface area (Å²) in [6, 6.07) is 11.1. The molecule has 0 saturated carbocycles. The molecule has 0 atom stereocenters. The maximum absolute atomic E-state index is 11.0. The van der Waals surface area contributed by atoms with Gasteiger partial charge in [-0.1, -0.05) is 18.2 Å². The van der Waals surface area contributed by atoms with Gasteiger partial charge in [-0.3, -0.25) is 0 Å². The minimum Gasteiger partial charge on any atom is -0.369 e. The summed E-state index contributed by atoms with van der Waals surface area (Å²) in [5, 5.41) is 12.8. The van der Waals surface area contributed by atoms with Gasteiger partial charge in [-0.25, -0.2) is 13.4 Å². The van der Waals surface area contributed by atoms with Crippen LogP contribution in [0.1, 0.15) is 5.56 Å². The Hall–Kier alpha value is -2.13. The van der Waals surface area contributed by atoms with E-state index in [2.05, 4.69) is 16.4 Å². The van der Waals surface area contributed by atoms with Crippen molar-refractivity contribution in [2.45, 2.75) is 0 Å². The van der Waals surface area contributed by atoms with E-state index in [0.717, 1.165) is 5.39 Å². The molecule has 19 heavy (non-hydrogen) atoms. The third kappa shape index (κ3) is 3.42. The van der Waals surface area contributed by atoms with E-state index in [0.29, 0.717) is 16.9 Å². The highest BCUT2D eigenvalue weighted by molar-refractivity contribution is 7.90. The molecule has 5 nitrogen and oxygen atoms in total. The van der Waals surface area contributed by atoms with Crippen molar-refractivity contribution < 1.29 is 8.42 Å². The maximum atomic E-state index is 11.0. The van der Waals surface area contributed by atoms with Gasteiger partial charge in [0.25, 0.3) is 0 Å². The summed E-state index contributed by atoms with van der Waals surface area (Å²) in [5.74, 6) is 0.544. The highest BCUT2D eigenvalue weighted by Gasteiger charge is 2.06. The van der Waals surface area contributed by atoms with Crippen molar-refractivity contribution in [3.8, 4) is 6.07 Å². The zero-order chi connectivity index (χ0) is 13.9. The predicted octanol–water partition coefficient (Wildman–Crippen LogP) is 1.56. The van der Waals surface area contributed by atoms with E-state index >= 15 is 0 Å². The van der Waals surface area contributed by atoms with E-state index in [1.807, 2.05) is 24.3 Å². The number of para-hydroxylation sites is 1. The highest BCUT2D eigenvalue weighted by Crippen LogP contribution is 2.19. The predicted molar refractivity (Wildman–Crippen MR) is 74.7 cm³/mol. The lowest BCUT2D eigenvalue weighted by atomic mass is 10.1. The van der Waals surface area contributed by atoms with Crippen LogP contribution in [0.2, 0.25) is 0 Å². The molecule has 0 saturated heterocycles. The minimum absolute atomic E-state index is 0.0311. The Bertz CT molecular complexity index is 748. The van der Waals surface area contributed by atoms with Gasteiger partial charge < -0.3 is 5.32 Å². The first kappa shape index (κ1) is 13.3. The average molecular weight is 275 g/mol. The van der Waals surface area contributed by atoms with E-state index in [9.17, 15) is 8.42 Å². The first-order valence-electron chi connectivity index (χ1n) is 5.71. The second kappa shape index (κ2) is 5.24. The number of hydrogen-bond acceptors (Lipinski definition) is 5. The van der Waals surface area contributed by atoms with Gasteiger partial charge in [-0.05, 0) is 12.1 Å². The van der Waals surface area contributed by atoms with E-state index in [1.165, 1.54) is 6.26 Å². The number of nitrogens with one attached hydrogen (secondary N) is 1. The summed E-state index contributed by atoms with van der Waals surface area (Å²) in [6.07, 6.45) is 1.18. The Labute approximate surface area is 111 Å². The van der Waals surface area contributed by atoms with Crippen LogP contribution < -0.4 is 5.32 Å². The Morgan fingerprint density at radius 2 is 2.11 bits per heavy atom. The van der Waals surface area contributed by atoms with Gasteiger partial charge >= 0.3 is 0 Å². The summed E-state index contributed by atoms with van der Waals surface area (Å²) in [4.78, 5) is 4.35. The van der Waals surface area contributed by atoms with Crippen LogP contribution in [0.15, 0.2) is 30.3 Å². The van der Waals surface area contributed by atoms with Gasteiger partial charge in [0, 0.05) is 18.2 Å². The molecule has 0 unspecified atom stereocenters. The summed E-state index contributed by atoms with van der Waals surface area (Å²) >= 11 is 0. The van der Waals surface area contributed by atoms with E-state index in [-0.39, 0.29) is 12.3 Å². The standard InChI is InChI=1S/C13H13N3O2S/c1-19(17,18)7-6-15-13-8-10(9-14)11-4-2-3-5-12(11)16-13/h2-5,8H,6-7H2,1H3,(H,15,16). The maximum Gasteiger partial charge on any atom is 0.149 e. The molecular weight excluding hydrogens is 262 g/mol. The highest BCUT2D eigenvalue weighted by atomic mass is 32.2. The van der Waals surface area contributed by atoms with Crippen molar-refractivity contribution in [1.82, 2.24) is 4.98 Å². The van der Waals surface area contributed by atoms with Gasteiger partial charge in [-0.2, -0.15) is 5.26 Å². The van der Waals surface area contributed by atoms with Crippen LogP contribution in [-0.4, -0.2) is 32.0 Å². The minimum atomic E-state index is -3.01. The third-order valence-corrected chi connectivity index (χ3v) is 3.56. The van der Waals surface area contributed by atoms with Crippen LogP contribution in [0.4, 0.5) is 5.82 Å². The average Bonchev–Trinajstić information content (AvgIpc) is 2.36. The molecule has 0 bridgehead atoms. The molecule has 1 aromatic heterocycles. The number of hydrogen-bond donors (Lipinski definition) is 1. The van der Waals surface area contributed by atoms with Crippen LogP contribution in [0, 0.1) is 11.3 Å². The van der Waals surface area contributed by atoms with Crippen molar-refractivity contribution in [3.63, 3.8) is 0 Å². The smallest absolute Gasteiger partial charge is 0.149 e. The van der Waals surface area contributed by atoms with Gasteiger partial charge in [0.05, 0.1) is 22.9 Å².